The predicted molar refractivity (Wildman–Crippen MR) is 146 cm³/mol. The molecule has 1 aromatic heterocycles. The lowest BCUT2D eigenvalue weighted by atomic mass is 9.84. The van der Waals surface area contributed by atoms with E-state index in [1.54, 1.807) is 30.1 Å². The molecule has 3 N–H and O–H groups in total. The fraction of sp³-hybridized carbons (Fsp3) is 0.519. The van der Waals surface area contributed by atoms with Crippen molar-refractivity contribution in [2.24, 2.45) is 17.8 Å². The minimum atomic E-state index is -0.721. The van der Waals surface area contributed by atoms with Crippen LogP contribution in [-0.2, 0) is 20.8 Å². The molecule has 35 heavy (non-hydrogen) atoms. The Hall–Kier alpha value is -2.32. The number of rotatable bonds is 12. The molecule has 3 atom stereocenters. The first kappa shape index (κ1) is 28.9. The Labute approximate surface area is 218 Å². The highest BCUT2D eigenvalue weighted by molar-refractivity contribution is 8.01. The zero-order chi connectivity index (χ0) is 26.0. The molecular weight excluding hydrogens is 478 g/mol. The summed E-state index contributed by atoms with van der Waals surface area (Å²) < 4.78 is 1.11. The van der Waals surface area contributed by atoms with Crippen molar-refractivity contribution in [3.8, 4) is 0 Å². The molecule has 2 aromatic rings. The second kappa shape index (κ2) is 13.7. The number of carbonyl (C=O) groups excluding carboxylic acids is 3. The maximum absolute atomic E-state index is 13.7. The lowest BCUT2D eigenvalue weighted by molar-refractivity contribution is -0.137. The number of thiophene rings is 1. The molecule has 192 valence electrons. The number of likely N-dealkylation sites (N-methyl/N-ethyl adjacent to an activating group) is 1. The number of hydrogen-bond donors (Lipinski definition) is 3. The average molecular weight is 518 g/mol. The van der Waals surface area contributed by atoms with Crippen LogP contribution in [0.15, 0.2) is 52.1 Å². The summed E-state index contributed by atoms with van der Waals surface area (Å²) in [6, 6.07) is 12.9. The molecule has 1 aromatic carbocycles. The van der Waals surface area contributed by atoms with Gasteiger partial charge in [-0.3, -0.25) is 14.4 Å². The quantitative estimate of drug-likeness (QED) is 0.362. The van der Waals surface area contributed by atoms with Gasteiger partial charge in [-0.2, -0.15) is 0 Å². The third-order valence-corrected chi connectivity index (χ3v) is 7.70. The largest absolute Gasteiger partial charge is 0.357 e. The van der Waals surface area contributed by atoms with E-state index >= 15 is 0 Å². The molecule has 0 unspecified atom stereocenters. The molecular formula is C27H39N3O3S2. The molecule has 0 spiro atoms. The summed E-state index contributed by atoms with van der Waals surface area (Å²) in [5.74, 6) is -1.06. The minimum Gasteiger partial charge on any atom is -0.357 e. The Bertz CT molecular complexity index is 940. The lowest BCUT2D eigenvalue weighted by Gasteiger charge is -2.31. The van der Waals surface area contributed by atoms with Crippen LogP contribution in [-0.4, -0.2) is 42.1 Å². The fourth-order valence-electron chi connectivity index (χ4n) is 3.83. The summed E-state index contributed by atoms with van der Waals surface area (Å²) in [6.45, 7) is 9.91. The number of amides is 3. The van der Waals surface area contributed by atoms with Gasteiger partial charge in [0, 0.05) is 24.8 Å². The van der Waals surface area contributed by atoms with Crippen LogP contribution in [0.4, 0.5) is 0 Å². The van der Waals surface area contributed by atoms with E-state index in [4.69, 9.17) is 0 Å². The molecule has 1 heterocycles. The standard InChI is InChI=1S/C27H39N3O3S2/c1-18(2)15-20(21(25(32)30-27(3,4)5)17-35-23-13-10-14-34-23)24(31)29-22(26(33)28-6)16-19-11-8-7-9-12-19/h7-14,18,20-22H,15-17H2,1-6H3,(H,28,33)(H,29,31)(H,30,32)/t20-,21+,22+/m1/s1. The summed E-state index contributed by atoms with van der Waals surface area (Å²) in [5, 5.41) is 10.7. The first-order chi connectivity index (χ1) is 16.5. The van der Waals surface area contributed by atoms with Crippen LogP contribution < -0.4 is 16.0 Å². The van der Waals surface area contributed by atoms with Crippen molar-refractivity contribution >= 4 is 40.8 Å². The summed E-state index contributed by atoms with van der Waals surface area (Å²) in [5.41, 5.74) is 0.539. The van der Waals surface area contributed by atoms with Gasteiger partial charge in [0.25, 0.3) is 0 Å². The monoisotopic (exact) mass is 517 g/mol. The van der Waals surface area contributed by atoms with E-state index in [1.165, 1.54) is 0 Å². The Balaban J connectivity index is 2.31. The van der Waals surface area contributed by atoms with Crippen LogP contribution in [0.3, 0.4) is 0 Å². The number of hydrogen-bond acceptors (Lipinski definition) is 5. The van der Waals surface area contributed by atoms with Crippen LogP contribution in [0.2, 0.25) is 0 Å². The van der Waals surface area contributed by atoms with Gasteiger partial charge in [-0.05, 0) is 50.1 Å². The van der Waals surface area contributed by atoms with E-state index in [0.717, 1.165) is 9.77 Å². The number of benzene rings is 1. The Morgan fingerprint density at radius 3 is 2.17 bits per heavy atom. The molecule has 6 nitrogen and oxygen atoms in total. The van der Waals surface area contributed by atoms with Crippen molar-refractivity contribution in [2.75, 3.05) is 12.8 Å². The molecule has 0 aliphatic carbocycles. The van der Waals surface area contributed by atoms with Gasteiger partial charge in [-0.1, -0.05) is 50.2 Å². The van der Waals surface area contributed by atoms with Crippen molar-refractivity contribution in [2.45, 2.75) is 63.3 Å². The second-order valence-corrected chi connectivity index (χ2v) is 12.5. The van der Waals surface area contributed by atoms with E-state index in [9.17, 15) is 14.4 Å². The fourth-order valence-corrected chi connectivity index (χ4v) is 5.82. The molecule has 2 rings (SSSR count). The zero-order valence-corrected chi connectivity index (χ0v) is 23.2. The molecule has 0 bridgehead atoms. The Morgan fingerprint density at radius 1 is 0.943 bits per heavy atom. The van der Waals surface area contributed by atoms with E-state index in [2.05, 4.69) is 16.0 Å². The summed E-state index contributed by atoms with van der Waals surface area (Å²) in [4.78, 5) is 39.8. The van der Waals surface area contributed by atoms with Gasteiger partial charge in [0.15, 0.2) is 0 Å². The third-order valence-electron chi connectivity index (χ3n) is 5.45. The van der Waals surface area contributed by atoms with Gasteiger partial charge in [0.2, 0.25) is 17.7 Å². The second-order valence-electron chi connectivity index (χ2n) is 10.2. The predicted octanol–water partition coefficient (Wildman–Crippen LogP) is 4.51. The Morgan fingerprint density at radius 2 is 1.63 bits per heavy atom. The van der Waals surface area contributed by atoms with E-state index in [0.29, 0.717) is 18.6 Å². The van der Waals surface area contributed by atoms with Crippen LogP contribution in [0.25, 0.3) is 0 Å². The molecule has 0 saturated carbocycles. The van der Waals surface area contributed by atoms with E-state index in [1.807, 2.05) is 82.5 Å². The summed E-state index contributed by atoms with van der Waals surface area (Å²) in [7, 11) is 1.56. The first-order valence-electron chi connectivity index (χ1n) is 12.0. The summed E-state index contributed by atoms with van der Waals surface area (Å²) in [6.07, 6.45) is 0.925. The smallest absolute Gasteiger partial charge is 0.242 e. The molecule has 3 amide bonds. The lowest BCUT2D eigenvalue weighted by Crippen LogP contribution is -2.53. The van der Waals surface area contributed by atoms with Gasteiger partial charge < -0.3 is 16.0 Å². The highest BCUT2D eigenvalue weighted by atomic mass is 32.2. The van der Waals surface area contributed by atoms with Gasteiger partial charge in [0.1, 0.15) is 6.04 Å². The molecule has 0 radical (unpaired) electrons. The molecule has 0 aliphatic rings. The normalized spacial score (nSPS) is 14.1. The van der Waals surface area contributed by atoms with Gasteiger partial charge in [-0.15, -0.1) is 23.1 Å². The van der Waals surface area contributed by atoms with Crippen molar-refractivity contribution < 1.29 is 14.4 Å². The van der Waals surface area contributed by atoms with Crippen LogP contribution >= 0.6 is 23.1 Å². The molecule has 0 saturated heterocycles. The maximum atomic E-state index is 13.7. The average Bonchev–Trinajstić information content (AvgIpc) is 3.30. The number of thioether (sulfide) groups is 1. The Kier molecular flexibility index (Phi) is 11.3. The molecule has 0 fully saturated rings. The van der Waals surface area contributed by atoms with Crippen molar-refractivity contribution in [3.05, 3.63) is 53.4 Å². The number of carbonyl (C=O) groups is 3. The van der Waals surface area contributed by atoms with Gasteiger partial charge in [-0.25, -0.2) is 0 Å². The van der Waals surface area contributed by atoms with Gasteiger partial charge >= 0.3 is 0 Å². The van der Waals surface area contributed by atoms with Crippen molar-refractivity contribution in [3.63, 3.8) is 0 Å². The van der Waals surface area contributed by atoms with Crippen molar-refractivity contribution in [1.82, 2.24) is 16.0 Å². The summed E-state index contributed by atoms with van der Waals surface area (Å²) >= 11 is 3.21. The number of nitrogens with one attached hydrogen (secondary N) is 3. The maximum Gasteiger partial charge on any atom is 0.242 e. The van der Waals surface area contributed by atoms with E-state index < -0.39 is 23.4 Å². The topological polar surface area (TPSA) is 87.3 Å². The van der Waals surface area contributed by atoms with Crippen molar-refractivity contribution in [1.29, 1.82) is 0 Å². The van der Waals surface area contributed by atoms with Crippen LogP contribution in [0.5, 0.6) is 0 Å². The highest BCUT2D eigenvalue weighted by Gasteiger charge is 2.37. The van der Waals surface area contributed by atoms with Crippen LogP contribution in [0, 0.1) is 17.8 Å². The van der Waals surface area contributed by atoms with Gasteiger partial charge in [0.05, 0.1) is 16.0 Å². The highest BCUT2D eigenvalue weighted by Crippen LogP contribution is 2.31. The molecule has 8 heteroatoms. The zero-order valence-electron chi connectivity index (χ0n) is 21.6. The molecule has 0 aliphatic heterocycles. The third kappa shape index (κ3) is 10.1. The first-order valence-corrected chi connectivity index (χ1v) is 13.9. The SMILES string of the molecule is CNC(=O)[C@H](Cc1ccccc1)NC(=O)[C@H](CC(C)C)[C@H](CSc1cccs1)C(=O)NC(C)(C)C. The van der Waals surface area contributed by atoms with E-state index in [-0.39, 0.29) is 23.6 Å². The minimum absolute atomic E-state index is 0.137. The van der Waals surface area contributed by atoms with Crippen LogP contribution in [0.1, 0.15) is 46.6 Å².